The van der Waals surface area contributed by atoms with Gasteiger partial charge in [0.2, 0.25) is 0 Å². The van der Waals surface area contributed by atoms with Gasteiger partial charge in [0.25, 0.3) is 0 Å². The molecule has 0 amide bonds. The lowest BCUT2D eigenvalue weighted by atomic mass is 9.77. The monoisotopic (exact) mass is 636 g/mol. The summed E-state index contributed by atoms with van der Waals surface area (Å²) in [6.07, 6.45) is 8.33. The molecule has 0 saturated heterocycles. The smallest absolute Gasteiger partial charge is 0.340 e. The summed E-state index contributed by atoms with van der Waals surface area (Å²) in [4.78, 5) is 15.9. The van der Waals surface area contributed by atoms with Crippen molar-refractivity contribution in [2.75, 3.05) is 16.8 Å². The van der Waals surface area contributed by atoms with E-state index in [1.54, 1.807) is 0 Å². The van der Waals surface area contributed by atoms with Gasteiger partial charge in [-0.25, -0.2) is 4.79 Å². The number of carbonyl (C=O) groups is 1. The summed E-state index contributed by atoms with van der Waals surface area (Å²) < 4.78 is 13.3. The van der Waals surface area contributed by atoms with E-state index >= 15 is 0 Å². The van der Waals surface area contributed by atoms with Gasteiger partial charge >= 0.3 is 5.97 Å². The number of ether oxygens (including phenoxy) is 2. The second kappa shape index (κ2) is 13.6. The zero-order valence-corrected chi connectivity index (χ0v) is 28.2. The molecule has 0 radical (unpaired) electrons. The molecule has 0 saturated carbocycles. The molecule has 7 rings (SSSR count). The predicted molar refractivity (Wildman–Crippen MR) is 195 cm³/mol. The van der Waals surface area contributed by atoms with Gasteiger partial charge in [-0.3, -0.25) is 0 Å². The Hall–Kier alpha value is -5.03. The molecule has 2 aliphatic rings. The minimum absolute atomic E-state index is 0.328. The standard InChI is InChI=1S/C43H44N2O3/c1-4-6-8-10-15-31-20-22-33(23-21-31)45(26-7-5-2)34-24-25-37-41(28-34)47-40-27-30(3)39(44-32-16-11-9-12-17-32)29-38(40)43(37)36-19-14-13-18-35(36)42(46)48-43/h9,11-14,16-25,27-29,44H,4-8,10,15,26H2,1-3H3. The fourth-order valence-electron chi connectivity index (χ4n) is 7.11. The lowest BCUT2D eigenvalue weighted by molar-refractivity contribution is 0.0224. The number of rotatable bonds is 12. The third kappa shape index (κ3) is 5.83. The number of fused-ring (bicyclic) bond motifs is 6. The molecule has 0 aliphatic carbocycles. The Balaban J connectivity index is 1.30. The number of anilines is 4. The molecule has 48 heavy (non-hydrogen) atoms. The molecular formula is C43H44N2O3. The molecule has 1 N–H and O–H groups in total. The van der Waals surface area contributed by atoms with Crippen LogP contribution < -0.4 is 15.0 Å². The van der Waals surface area contributed by atoms with Crippen molar-refractivity contribution in [2.45, 2.75) is 71.3 Å². The third-order valence-electron chi connectivity index (χ3n) is 9.71. The molecule has 244 valence electrons. The maximum atomic E-state index is 13.5. The van der Waals surface area contributed by atoms with E-state index < -0.39 is 5.60 Å². The number of aryl methyl sites for hydroxylation is 2. The minimum atomic E-state index is -1.14. The zero-order valence-electron chi connectivity index (χ0n) is 28.2. The Bertz CT molecular complexity index is 1920. The average Bonchev–Trinajstić information content (AvgIpc) is 3.41. The fraction of sp³-hybridized carbons (Fsp3) is 0.279. The number of carbonyl (C=O) groups excluding carboxylic acids is 1. The second-order valence-corrected chi connectivity index (χ2v) is 13.0. The van der Waals surface area contributed by atoms with Crippen LogP contribution in [0.2, 0.25) is 0 Å². The molecule has 1 atom stereocenters. The van der Waals surface area contributed by atoms with Crippen molar-refractivity contribution >= 4 is 28.7 Å². The van der Waals surface area contributed by atoms with Crippen molar-refractivity contribution in [3.05, 3.63) is 143 Å². The molecule has 0 bridgehead atoms. The van der Waals surface area contributed by atoms with Crippen LogP contribution in [0.1, 0.15) is 90.5 Å². The minimum Gasteiger partial charge on any atom is -0.456 e. The summed E-state index contributed by atoms with van der Waals surface area (Å²) in [5, 5.41) is 3.57. The van der Waals surface area contributed by atoms with Crippen LogP contribution >= 0.6 is 0 Å². The first-order valence-corrected chi connectivity index (χ1v) is 17.5. The Kier molecular flexibility index (Phi) is 8.94. The molecule has 1 spiro atoms. The first-order chi connectivity index (χ1) is 23.5. The summed E-state index contributed by atoms with van der Waals surface area (Å²) in [5.74, 6) is 1.06. The molecule has 2 heterocycles. The number of hydrogen-bond acceptors (Lipinski definition) is 5. The summed E-state index contributed by atoms with van der Waals surface area (Å²) in [7, 11) is 0. The SMILES string of the molecule is CCCCCCc1ccc(N(CCCC)c2ccc3c(c2)Oc2cc(C)c(Nc4ccccc4)cc2C32OC(=O)c3ccccc32)cc1. The van der Waals surface area contributed by atoms with E-state index in [4.69, 9.17) is 9.47 Å². The van der Waals surface area contributed by atoms with Gasteiger partial charge in [0, 0.05) is 52.1 Å². The Morgan fingerprint density at radius 1 is 0.688 bits per heavy atom. The molecule has 5 aromatic rings. The number of unbranched alkanes of at least 4 members (excludes halogenated alkanes) is 4. The maximum Gasteiger partial charge on any atom is 0.340 e. The van der Waals surface area contributed by atoms with Crippen molar-refractivity contribution < 1.29 is 14.3 Å². The van der Waals surface area contributed by atoms with Crippen LogP contribution in [0.3, 0.4) is 0 Å². The number of nitrogens with zero attached hydrogens (tertiary/aromatic N) is 1. The number of benzene rings is 5. The lowest BCUT2D eigenvalue weighted by Gasteiger charge is -2.38. The van der Waals surface area contributed by atoms with Crippen molar-refractivity contribution in [2.24, 2.45) is 0 Å². The molecule has 5 nitrogen and oxygen atoms in total. The van der Waals surface area contributed by atoms with Crippen LogP contribution in [0.5, 0.6) is 11.5 Å². The number of nitrogens with one attached hydrogen (secondary N) is 1. The summed E-state index contributed by atoms with van der Waals surface area (Å²) in [5.41, 5.74) is 8.46. The van der Waals surface area contributed by atoms with Crippen molar-refractivity contribution in [3.63, 3.8) is 0 Å². The van der Waals surface area contributed by atoms with Gasteiger partial charge in [0.1, 0.15) is 11.5 Å². The maximum absolute atomic E-state index is 13.5. The van der Waals surface area contributed by atoms with Crippen LogP contribution in [0.15, 0.2) is 109 Å². The van der Waals surface area contributed by atoms with E-state index in [0.29, 0.717) is 17.1 Å². The van der Waals surface area contributed by atoms with E-state index in [-0.39, 0.29) is 5.97 Å². The molecule has 2 aliphatic heterocycles. The van der Waals surface area contributed by atoms with Crippen LogP contribution in [0.25, 0.3) is 0 Å². The predicted octanol–water partition coefficient (Wildman–Crippen LogP) is 11.4. The quantitative estimate of drug-likeness (QED) is 0.109. The third-order valence-corrected chi connectivity index (χ3v) is 9.71. The van der Waals surface area contributed by atoms with Gasteiger partial charge in [-0.05, 0) is 91.9 Å². The summed E-state index contributed by atoms with van der Waals surface area (Å²) in [6, 6.07) is 37.4. The summed E-state index contributed by atoms with van der Waals surface area (Å²) in [6.45, 7) is 7.44. The van der Waals surface area contributed by atoms with Crippen molar-refractivity contribution in [3.8, 4) is 11.5 Å². The first kappa shape index (κ1) is 31.6. The fourth-order valence-corrected chi connectivity index (χ4v) is 7.11. The average molecular weight is 637 g/mol. The number of hydrogen-bond donors (Lipinski definition) is 1. The van der Waals surface area contributed by atoms with Gasteiger partial charge in [0.15, 0.2) is 5.60 Å². The highest BCUT2D eigenvalue weighted by molar-refractivity contribution is 5.97. The first-order valence-electron chi connectivity index (χ1n) is 17.5. The van der Waals surface area contributed by atoms with Crippen LogP contribution in [-0.4, -0.2) is 12.5 Å². The Morgan fingerprint density at radius 3 is 2.21 bits per heavy atom. The Labute approximate surface area is 284 Å². The molecule has 5 heteroatoms. The summed E-state index contributed by atoms with van der Waals surface area (Å²) >= 11 is 0. The van der Waals surface area contributed by atoms with Crippen molar-refractivity contribution in [1.82, 2.24) is 0 Å². The molecular weight excluding hydrogens is 592 g/mol. The highest BCUT2D eigenvalue weighted by Gasteiger charge is 2.53. The topological polar surface area (TPSA) is 50.8 Å². The van der Waals surface area contributed by atoms with E-state index in [2.05, 4.69) is 85.6 Å². The van der Waals surface area contributed by atoms with Gasteiger partial charge in [-0.15, -0.1) is 0 Å². The van der Waals surface area contributed by atoms with E-state index in [1.165, 1.54) is 31.2 Å². The van der Waals surface area contributed by atoms with Gasteiger partial charge in [-0.1, -0.05) is 88.1 Å². The molecule has 0 fully saturated rings. The number of para-hydroxylation sites is 1. The largest absolute Gasteiger partial charge is 0.456 e. The Morgan fingerprint density at radius 2 is 1.42 bits per heavy atom. The van der Waals surface area contributed by atoms with E-state index in [9.17, 15) is 4.79 Å². The second-order valence-electron chi connectivity index (χ2n) is 13.0. The van der Waals surface area contributed by atoms with Crippen LogP contribution in [0.4, 0.5) is 22.7 Å². The van der Waals surface area contributed by atoms with Crippen molar-refractivity contribution in [1.29, 1.82) is 0 Å². The normalized spacial score (nSPS) is 15.7. The van der Waals surface area contributed by atoms with E-state index in [0.717, 1.165) is 70.8 Å². The molecule has 1 unspecified atom stereocenters. The van der Waals surface area contributed by atoms with Crippen LogP contribution in [-0.2, 0) is 16.8 Å². The highest BCUT2D eigenvalue weighted by atomic mass is 16.6. The van der Waals surface area contributed by atoms with E-state index in [1.807, 2.05) is 54.6 Å². The molecule has 0 aromatic heterocycles. The van der Waals surface area contributed by atoms with Gasteiger partial charge in [0.05, 0.1) is 5.56 Å². The zero-order chi connectivity index (χ0) is 33.1. The molecule has 5 aromatic carbocycles. The van der Waals surface area contributed by atoms with Gasteiger partial charge in [-0.2, -0.15) is 0 Å². The van der Waals surface area contributed by atoms with Gasteiger partial charge < -0.3 is 19.7 Å². The highest BCUT2D eigenvalue weighted by Crippen LogP contribution is 2.57. The number of esters is 1. The lowest BCUT2D eigenvalue weighted by Crippen LogP contribution is -2.33. The van der Waals surface area contributed by atoms with Crippen LogP contribution in [0, 0.1) is 6.92 Å².